The van der Waals surface area contributed by atoms with Gasteiger partial charge in [-0.3, -0.25) is 0 Å². The summed E-state index contributed by atoms with van der Waals surface area (Å²) in [5.74, 6) is 0.378. The van der Waals surface area contributed by atoms with Gasteiger partial charge in [-0.2, -0.15) is 4.31 Å². The van der Waals surface area contributed by atoms with Crippen LogP contribution < -0.4 is 0 Å². The lowest BCUT2D eigenvalue weighted by Crippen LogP contribution is -2.28. The van der Waals surface area contributed by atoms with Crippen molar-refractivity contribution in [2.24, 2.45) is 0 Å². The molecular formula is C19H22N4O2S. The molecule has 6 nitrogen and oxygen atoms in total. The first-order chi connectivity index (χ1) is 12.5. The van der Waals surface area contributed by atoms with Crippen molar-refractivity contribution in [2.45, 2.75) is 37.6 Å². The highest BCUT2D eigenvalue weighted by Crippen LogP contribution is 2.30. The molecule has 26 heavy (non-hydrogen) atoms. The molecule has 4 heterocycles. The average Bonchev–Trinajstić information content (AvgIpc) is 3.31. The molecule has 0 spiro atoms. The van der Waals surface area contributed by atoms with Gasteiger partial charge >= 0.3 is 0 Å². The molecule has 0 unspecified atom stereocenters. The van der Waals surface area contributed by atoms with Crippen molar-refractivity contribution in [3.05, 3.63) is 42.4 Å². The highest BCUT2D eigenvalue weighted by Gasteiger charge is 2.28. The van der Waals surface area contributed by atoms with E-state index in [9.17, 15) is 8.42 Å². The van der Waals surface area contributed by atoms with Crippen LogP contribution in [0.15, 0.2) is 41.7 Å². The molecular weight excluding hydrogens is 348 g/mol. The van der Waals surface area contributed by atoms with Crippen LogP contribution in [0.2, 0.25) is 0 Å². The molecule has 0 aliphatic carbocycles. The van der Waals surface area contributed by atoms with E-state index in [4.69, 9.17) is 0 Å². The molecule has 7 heteroatoms. The molecule has 3 aromatic heterocycles. The van der Waals surface area contributed by atoms with E-state index in [0.29, 0.717) is 19.0 Å². The normalized spacial score (nSPS) is 16.0. The van der Waals surface area contributed by atoms with Gasteiger partial charge in [0.05, 0.1) is 0 Å². The number of H-pyrrole nitrogens is 1. The van der Waals surface area contributed by atoms with E-state index in [1.165, 1.54) is 4.31 Å². The Morgan fingerprint density at radius 3 is 2.54 bits per heavy atom. The van der Waals surface area contributed by atoms with Gasteiger partial charge in [0.25, 0.3) is 10.0 Å². The minimum absolute atomic E-state index is 0.116. The van der Waals surface area contributed by atoms with Gasteiger partial charge in [0.2, 0.25) is 0 Å². The first kappa shape index (κ1) is 17.2. The smallest absolute Gasteiger partial charge is 0.260 e. The number of aromatic amines is 1. The van der Waals surface area contributed by atoms with E-state index in [0.717, 1.165) is 40.7 Å². The Balaban J connectivity index is 1.72. The highest BCUT2D eigenvalue weighted by molar-refractivity contribution is 7.89. The van der Waals surface area contributed by atoms with Crippen LogP contribution in [0, 0.1) is 0 Å². The number of fused-ring (bicyclic) bond motifs is 1. The second-order valence-corrected chi connectivity index (χ2v) is 8.88. The largest absolute Gasteiger partial charge is 0.343 e. The Kier molecular flexibility index (Phi) is 4.28. The SMILES string of the molecule is CC(C)c1cc2c(-c3ccc(S(=O)(=O)N4CCCC4)nc3)ccnc2[nH]1. The molecule has 0 amide bonds. The summed E-state index contributed by atoms with van der Waals surface area (Å²) in [5, 5.41) is 1.14. The molecule has 1 aliphatic heterocycles. The van der Waals surface area contributed by atoms with Gasteiger partial charge in [0.15, 0.2) is 5.03 Å². The van der Waals surface area contributed by atoms with Crippen molar-refractivity contribution in [1.29, 1.82) is 0 Å². The predicted molar refractivity (Wildman–Crippen MR) is 101 cm³/mol. The van der Waals surface area contributed by atoms with Crippen LogP contribution in [0.3, 0.4) is 0 Å². The lowest BCUT2D eigenvalue weighted by molar-refractivity contribution is 0.474. The first-order valence-electron chi connectivity index (χ1n) is 8.91. The van der Waals surface area contributed by atoms with E-state index in [1.54, 1.807) is 18.5 Å². The molecule has 1 aliphatic rings. The van der Waals surface area contributed by atoms with Crippen molar-refractivity contribution in [2.75, 3.05) is 13.1 Å². The van der Waals surface area contributed by atoms with Gasteiger partial charge < -0.3 is 4.98 Å². The van der Waals surface area contributed by atoms with E-state index < -0.39 is 10.0 Å². The zero-order chi connectivity index (χ0) is 18.3. The van der Waals surface area contributed by atoms with Crippen molar-refractivity contribution in [3.63, 3.8) is 0 Å². The van der Waals surface area contributed by atoms with Crippen LogP contribution in [0.4, 0.5) is 0 Å². The summed E-state index contributed by atoms with van der Waals surface area (Å²) < 4.78 is 26.8. The summed E-state index contributed by atoms with van der Waals surface area (Å²) in [4.78, 5) is 12.0. The van der Waals surface area contributed by atoms with E-state index >= 15 is 0 Å². The fraction of sp³-hybridized carbons (Fsp3) is 0.368. The molecule has 0 atom stereocenters. The maximum absolute atomic E-state index is 12.6. The van der Waals surface area contributed by atoms with Gasteiger partial charge in [0, 0.05) is 42.1 Å². The van der Waals surface area contributed by atoms with Crippen molar-refractivity contribution >= 4 is 21.1 Å². The summed E-state index contributed by atoms with van der Waals surface area (Å²) in [7, 11) is -3.48. The number of aromatic nitrogens is 3. The van der Waals surface area contributed by atoms with Crippen molar-refractivity contribution in [1.82, 2.24) is 19.3 Å². The summed E-state index contributed by atoms with van der Waals surface area (Å²) >= 11 is 0. The fourth-order valence-corrected chi connectivity index (χ4v) is 4.79. The predicted octanol–water partition coefficient (Wildman–Crippen LogP) is 3.53. The zero-order valence-corrected chi connectivity index (χ0v) is 15.8. The molecule has 0 radical (unpaired) electrons. The second kappa shape index (κ2) is 6.48. The third kappa shape index (κ3) is 2.91. The Morgan fingerprint density at radius 2 is 1.88 bits per heavy atom. The highest BCUT2D eigenvalue weighted by atomic mass is 32.2. The number of hydrogen-bond acceptors (Lipinski definition) is 4. The van der Waals surface area contributed by atoms with Crippen molar-refractivity contribution in [3.8, 4) is 11.1 Å². The average molecular weight is 370 g/mol. The van der Waals surface area contributed by atoms with Crippen molar-refractivity contribution < 1.29 is 8.42 Å². The first-order valence-corrected chi connectivity index (χ1v) is 10.3. The Morgan fingerprint density at radius 1 is 1.12 bits per heavy atom. The third-order valence-electron chi connectivity index (χ3n) is 4.89. The molecule has 1 fully saturated rings. The van der Waals surface area contributed by atoms with Gasteiger partial charge in [0.1, 0.15) is 5.65 Å². The Hall–Kier alpha value is -2.25. The number of rotatable bonds is 4. The second-order valence-electron chi connectivity index (χ2n) is 7.00. The molecule has 1 saturated heterocycles. The van der Waals surface area contributed by atoms with Crippen LogP contribution in [0.5, 0.6) is 0 Å². The van der Waals surface area contributed by atoms with E-state index in [1.807, 2.05) is 12.1 Å². The molecule has 0 aromatic carbocycles. The molecule has 3 aromatic rings. The maximum Gasteiger partial charge on any atom is 0.260 e. The number of sulfonamides is 1. The van der Waals surface area contributed by atoms with Gasteiger partial charge in [-0.05, 0) is 48.6 Å². The lowest BCUT2D eigenvalue weighted by atomic mass is 10.0. The fourth-order valence-electron chi connectivity index (χ4n) is 3.36. The van der Waals surface area contributed by atoms with Crippen LogP contribution >= 0.6 is 0 Å². The molecule has 1 N–H and O–H groups in total. The van der Waals surface area contributed by atoms with E-state index in [2.05, 4.69) is 34.9 Å². The number of nitrogens with one attached hydrogen (secondary N) is 1. The van der Waals surface area contributed by atoms with Crippen LogP contribution in [0.1, 0.15) is 38.3 Å². The number of nitrogens with zero attached hydrogens (tertiary/aromatic N) is 3. The summed E-state index contributed by atoms with van der Waals surface area (Å²) in [6.07, 6.45) is 5.23. The molecule has 136 valence electrons. The standard InChI is InChI=1S/C19H22N4O2S/c1-13(2)17-11-16-15(7-8-20-19(16)22-17)14-5-6-18(21-12-14)26(24,25)23-9-3-4-10-23/h5-8,11-13H,3-4,9-10H2,1-2H3,(H,20,22). The summed E-state index contributed by atoms with van der Waals surface area (Å²) in [6.45, 7) is 5.42. The minimum Gasteiger partial charge on any atom is -0.343 e. The quantitative estimate of drug-likeness (QED) is 0.762. The van der Waals surface area contributed by atoms with Gasteiger partial charge in [-0.1, -0.05) is 13.8 Å². The van der Waals surface area contributed by atoms with Gasteiger partial charge in [-0.25, -0.2) is 18.4 Å². The minimum atomic E-state index is -3.48. The van der Waals surface area contributed by atoms with Crippen LogP contribution in [-0.4, -0.2) is 40.8 Å². The molecule has 0 saturated carbocycles. The topological polar surface area (TPSA) is 79.0 Å². The Labute approximate surface area is 153 Å². The zero-order valence-electron chi connectivity index (χ0n) is 14.9. The number of pyridine rings is 2. The Bertz CT molecular complexity index is 1030. The van der Waals surface area contributed by atoms with E-state index in [-0.39, 0.29) is 5.03 Å². The van der Waals surface area contributed by atoms with Crippen LogP contribution in [0.25, 0.3) is 22.2 Å². The summed E-state index contributed by atoms with van der Waals surface area (Å²) in [6, 6.07) is 7.47. The monoisotopic (exact) mass is 370 g/mol. The van der Waals surface area contributed by atoms with Gasteiger partial charge in [-0.15, -0.1) is 0 Å². The molecule has 4 rings (SSSR count). The number of hydrogen-bond donors (Lipinski definition) is 1. The lowest BCUT2D eigenvalue weighted by Gasteiger charge is -2.14. The van der Waals surface area contributed by atoms with Crippen LogP contribution in [-0.2, 0) is 10.0 Å². The molecule has 0 bridgehead atoms. The maximum atomic E-state index is 12.6. The third-order valence-corrected chi connectivity index (χ3v) is 6.71. The summed E-state index contributed by atoms with van der Waals surface area (Å²) in [5.41, 5.74) is 3.84.